The highest BCUT2D eigenvalue weighted by Gasteiger charge is 2.31. The minimum absolute atomic E-state index is 0.0515. The van der Waals surface area contributed by atoms with E-state index in [0.29, 0.717) is 12.1 Å². The Morgan fingerprint density at radius 1 is 1.16 bits per heavy atom. The molecule has 0 aliphatic heterocycles. The van der Waals surface area contributed by atoms with E-state index in [1.54, 1.807) is 6.92 Å². The van der Waals surface area contributed by atoms with Crippen molar-refractivity contribution in [1.29, 1.82) is 0 Å². The fraction of sp³-hybridized carbons (Fsp3) is 0.438. The summed E-state index contributed by atoms with van der Waals surface area (Å²) in [6.07, 6.45) is -6.34. The molecule has 0 saturated heterocycles. The van der Waals surface area contributed by atoms with E-state index in [0.717, 1.165) is 12.1 Å². The quantitative estimate of drug-likeness (QED) is 0.658. The van der Waals surface area contributed by atoms with Crippen molar-refractivity contribution in [2.45, 2.75) is 44.5 Å². The fourth-order valence-corrected chi connectivity index (χ4v) is 2.00. The highest BCUT2D eigenvalue weighted by Crippen LogP contribution is 2.29. The van der Waals surface area contributed by atoms with E-state index in [1.807, 2.05) is 0 Å². The van der Waals surface area contributed by atoms with Crippen LogP contribution in [0, 0.1) is 0 Å². The summed E-state index contributed by atoms with van der Waals surface area (Å²) in [7, 11) is 0. The summed E-state index contributed by atoms with van der Waals surface area (Å²) in [5, 5.41) is 21.0. The van der Waals surface area contributed by atoms with Crippen LogP contribution in [0.15, 0.2) is 24.3 Å². The molecule has 0 radical (unpaired) electrons. The van der Waals surface area contributed by atoms with Crippen molar-refractivity contribution in [3.63, 3.8) is 0 Å². The molecular formula is C16H18F3NO5. The number of alkyl halides is 3. The number of aliphatic hydroxyl groups is 1. The van der Waals surface area contributed by atoms with Crippen LogP contribution in [0.3, 0.4) is 0 Å². The van der Waals surface area contributed by atoms with Gasteiger partial charge in [-0.2, -0.15) is 13.2 Å². The smallest absolute Gasteiger partial charge is 0.416 e. The van der Waals surface area contributed by atoms with Crippen LogP contribution in [0.1, 0.15) is 43.4 Å². The summed E-state index contributed by atoms with van der Waals surface area (Å²) >= 11 is 0. The molecule has 1 rings (SSSR count). The number of aliphatic carboxylic acids is 1. The second-order valence-electron chi connectivity index (χ2n) is 5.35. The molecule has 6 nitrogen and oxygen atoms in total. The van der Waals surface area contributed by atoms with Crippen molar-refractivity contribution in [3.8, 4) is 0 Å². The highest BCUT2D eigenvalue weighted by molar-refractivity contribution is 5.87. The number of aliphatic hydroxyl groups excluding tert-OH is 1. The van der Waals surface area contributed by atoms with Gasteiger partial charge in [-0.1, -0.05) is 19.1 Å². The van der Waals surface area contributed by atoms with Crippen molar-refractivity contribution in [3.05, 3.63) is 35.4 Å². The van der Waals surface area contributed by atoms with Gasteiger partial charge in [-0.25, -0.2) is 4.79 Å². The van der Waals surface area contributed by atoms with Gasteiger partial charge in [0.25, 0.3) is 5.91 Å². The predicted octanol–water partition coefficient (Wildman–Crippen LogP) is 2.07. The molecule has 0 aliphatic rings. The van der Waals surface area contributed by atoms with Crippen LogP contribution in [0.5, 0.6) is 0 Å². The van der Waals surface area contributed by atoms with Gasteiger partial charge in [0.2, 0.25) is 0 Å². The Hall–Kier alpha value is -2.42. The number of rotatable bonds is 8. The van der Waals surface area contributed by atoms with Gasteiger partial charge in [-0.05, 0) is 24.1 Å². The van der Waals surface area contributed by atoms with Gasteiger partial charge in [0, 0.05) is 12.8 Å². The van der Waals surface area contributed by atoms with Gasteiger partial charge < -0.3 is 15.5 Å². The van der Waals surface area contributed by atoms with E-state index in [9.17, 15) is 32.7 Å². The molecule has 3 N–H and O–H groups in total. The Labute approximate surface area is 141 Å². The largest absolute Gasteiger partial charge is 0.480 e. The Kier molecular flexibility index (Phi) is 7.10. The number of hydrogen-bond donors (Lipinski definition) is 3. The second-order valence-corrected chi connectivity index (χ2v) is 5.35. The number of hydrogen-bond acceptors (Lipinski definition) is 4. The number of carbonyl (C=O) groups excluding carboxylic acids is 2. The lowest BCUT2D eigenvalue weighted by Crippen LogP contribution is -2.43. The van der Waals surface area contributed by atoms with E-state index >= 15 is 0 Å². The molecule has 0 spiro atoms. The maximum Gasteiger partial charge on any atom is 0.416 e. The molecule has 0 fully saturated rings. The third-order valence-corrected chi connectivity index (χ3v) is 3.52. The monoisotopic (exact) mass is 361 g/mol. The summed E-state index contributed by atoms with van der Waals surface area (Å²) in [4.78, 5) is 34.3. The highest BCUT2D eigenvalue weighted by atomic mass is 19.4. The molecule has 0 bridgehead atoms. The van der Waals surface area contributed by atoms with Gasteiger partial charge in [-0.3, -0.25) is 9.59 Å². The van der Waals surface area contributed by atoms with Crippen molar-refractivity contribution in [1.82, 2.24) is 5.32 Å². The maximum atomic E-state index is 12.5. The van der Waals surface area contributed by atoms with Crippen LogP contribution in [0.4, 0.5) is 13.2 Å². The molecule has 1 aromatic rings. The van der Waals surface area contributed by atoms with Crippen LogP contribution in [-0.4, -0.2) is 33.9 Å². The molecule has 0 aliphatic carbocycles. The lowest BCUT2D eigenvalue weighted by atomic mass is 10.0. The molecule has 0 aromatic heterocycles. The zero-order chi connectivity index (χ0) is 19.2. The number of Topliss-reactive ketones (excluding diaryl/α,β-unsaturated/α-hetero) is 1. The molecule has 138 valence electrons. The molecule has 0 heterocycles. The summed E-state index contributed by atoms with van der Waals surface area (Å²) in [5.74, 6) is -2.63. The predicted molar refractivity (Wildman–Crippen MR) is 80.5 cm³/mol. The number of halogens is 3. The standard InChI is InChI=1S/C16H18F3NO5/c1-2-11(21)7-8-12(15(24)25)20-14(23)13(22)9-3-5-10(6-4-9)16(17,18)19/h3-6,12-13,22H,2,7-8H2,1H3,(H,20,23)(H,24,25)/t12-,13-/m1/s1. The summed E-state index contributed by atoms with van der Waals surface area (Å²) < 4.78 is 37.5. The minimum Gasteiger partial charge on any atom is -0.480 e. The Bertz CT molecular complexity index is 628. The van der Waals surface area contributed by atoms with Crippen LogP contribution >= 0.6 is 0 Å². The molecule has 0 saturated carbocycles. The average Bonchev–Trinajstić information content (AvgIpc) is 2.56. The zero-order valence-electron chi connectivity index (χ0n) is 13.3. The normalized spacial score (nSPS) is 13.8. The van der Waals surface area contributed by atoms with Gasteiger partial charge in [-0.15, -0.1) is 0 Å². The first-order valence-electron chi connectivity index (χ1n) is 7.46. The minimum atomic E-state index is -4.55. The van der Waals surface area contributed by atoms with Crippen LogP contribution in [0.2, 0.25) is 0 Å². The van der Waals surface area contributed by atoms with E-state index in [-0.39, 0.29) is 30.6 Å². The first-order chi connectivity index (χ1) is 11.6. The zero-order valence-corrected chi connectivity index (χ0v) is 13.3. The number of carboxylic acid groups (broad SMARTS) is 1. The molecule has 2 atom stereocenters. The lowest BCUT2D eigenvalue weighted by molar-refractivity contribution is -0.144. The van der Waals surface area contributed by atoms with Gasteiger partial charge >= 0.3 is 12.1 Å². The van der Waals surface area contributed by atoms with Crippen LogP contribution < -0.4 is 5.32 Å². The number of nitrogens with one attached hydrogen (secondary N) is 1. The van der Waals surface area contributed by atoms with Crippen molar-refractivity contribution >= 4 is 17.7 Å². The molecule has 1 amide bonds. The van der Waals surface area contributed by atoms with E-state index in [1.165, 1.54) is 0 Å². The van der Waals surface area contributed by atoms with Crippen molar-refractivity contribution < 1.29 is 37.8 Å². The number of benzene rings is 1. The topological polar surface area (TPSA) is 104 Å². The fourth-order valence-electron chi connectivity index (χ4n) is 2.00. The third-order valence-electron chi connectivity index (χ3n) is 3.52. The number of ketones is 1. The Morgan fingerprint density at radius 2 is 1.72 bits per heavy atom. The van der Waals surface area contributed by atoms with Crippen molar-refractivity contribution in [2.24, 2.45) is 0 Å². The summed E-state index contributed by atoms with van der Waals surface area (Å²) in [6.45, 7) is 1.62. The van der Waals surface area contributed by atoms with Gasteiger partial charge in [0.1, 0.15) is 11.8 Å². The number of carbonyl (C=O) groups is 3. The van der Waals surface area contributed by atoms with E-state index < -0.39 is 35.8 Å². The number of carboxylic acids is 1. The molecule has 0 unspecified atom stereocenters. The van der Waals surface area contributed by atoms with E-state index in [4.69, 9.17) is 5.11 Å². The molecular weight excluding hydrogens is 343 g/mol. The Morgan fingerprint density at radius 3 is 2.16 bits per heavy atom. The van der Waals surface area contributed by atoms with Crippen molar-refractivity contribution in [2.75, 3.05) is 0 Å². The summed E-state index contributed by atoms with van der Waals surface area (Å²) in [6, 6.07) is 1.90. The second kappa shape index (κ2) is 8.61. The summed E-state index contributed by atoms with van der Waals surface area (Å²) in [5.41, 5.74) is -1.05. The first-order valence-corrected chi connectivity index (χ1v) is 7.46. The van der Waals surface area contributed by atoms with E-state index in [2.05, 4.69) is 5.32 Å². The maximum absolute atomic E-state index is 12.5. The SMILES string of the molecule is CCC(=O)CC[C@@H](NC(=O)[C@H](O)c1ccc(C(F)(F)F)cc1)C(=O)O. The third kappa shape index (κ3) is 6.18. The van der Waals surface area contributed by atoms with Crippen LogP contribution in [0.25, 0.3) is 0 Å². The Balaban J connectivity index is 2.76. The first kappa shape index (κ1) is 20.6. The average molecular weight is 361 g/mol. The van der Waals surface area contributed by atoms with Crippen LogP contribution in [-0.2, 0) is 20.6 Å². The lowest BCUT2D eigenvalue weighted by Gasteiger charge is -2.17. The molecule has 9 heteroatoms. The molecule has 1 aromatic carbocycles. The van der Waals surface area contributed by atoms with Gasteiger partial charge in [0.05, 0.1) is 5.56 Å². The van der Waals surface area contributed by atoms with Gasteiger partial charge in [0.15, 0.2) is 6.10 Å². The molecule has 25 heavy (non-hydrogen) atoms. The number of amides is 1.